The fourth-order valence-corrected chi connectivity index (χ4v) is 4.41. The molecule has 0 spiro atoms. The van der Waals surface area contributed by atoms with Gasteiger partial charge in [-0.15, -0.1) is 0 Å². The number of aldehydes is 4. The normalized spacial score (nSPS) is 16.1. The molecule has 0 aromatic carbocycles. The summed E-state index contributed by atoms with van der Waals surface area (Å²) in [6, 6.07) is -5.68. The lowest BCUT2D eigenvalue weighted by Crippen LogP contribution is -2.67. The molecule has 0 aromatic rings. The van der Waals surface area contributed by atoms with Crippen molar-refractivity contribution in [1.82, 2.24) is 37.2 Å². The van der Waals surface area contributed by atoms with E-state index in [9.17, 15) is 43.2 Å². The number of aliphatic imine (C=N–C) groups is 1. The Hall–Kier alpha value is -5.12. The number of hydrogen-bond acceptors (Lipinski definition) is 14. The van der Waals surface area contributed by atoms with Gasteiger partial charge in [-0.05, 0) is 38.2 Å². The number of carbonyl (C=O) groups excluding carboxylic acids is 8. The molecule has 52 heavy (non-hydrogen) atoms. The molecule has 4 amide bonds. The zero-order valence-corrected chi connectivity index (χ0v) is 29.8. The molecule has 14 N–H and O–H groups in total. The number of nitrogens with one attached hydrogen (secondary N) is 7. The van der Waals surface area contributed by atoms with Crippen LogP contribution in [0.15, 0.2) is 17.1 Å². The Morgan fingerprint density at radius 3 is 1.69 bits per heavy atom. The third kappa shape index (κ3) is 18.8. The van der Waals surface area contributed by atoms with E-state index in [1.54, 1.807) is 13.8 Å². The number of rotatable bonds is 29. The Labute approximate surface area is 301 Å². The SMILES string of the molecule is C=C(C)[C@@H](NC(=O)[C@@H](NC(=O)[C@@H](NC(=O)[C@@H](C)N[C@@H](C=O)CC(=O)O)N[C@@H](C=O)[C@H](C)CC)N[C@@H](C=O)CC(N)=O)N[C@@H](C=O)CCCN=C(N)N. The number of primary amides is 1. The van der Waals surface area contributed by atoms with Gasteiger partial charge in [0.2, 0.25) is 11.8 Å². The molecule has 21 nitrogen and oxygen atoms in total. The maximum atomic E-state index is 13.8. The van der Waals surface area contributed by atoms with Crippen molar-refractivity contribution in [2.45, 2.75) is 109 Å². The minimum atomic E-state index is -1.80. The van der Waals surface area contributed by atoms with Crippen molar-refractivity contribution >= 4 is 60.7 Å². The van der Waals surface area contributed by atoms with Crippen LogP contribution in [0, 0.1) is 5.92 Å². The molecule has 0 aliphatic rings. The first-order chi connectivity index (χ1) is 24.4. The van der Waals surface area contributed by atoms with Crippen LogP contribution in [0.3, 0.4) is 0 Å². The van der Waals surface area contributed by atoms with Crippen molar-refractivity contribution in [3.63, 3.8) is 0 Å². The first-order valence-corrected chi connectivity index (χ1v) is 16.4. The van der Waals surface area contributed by atoms with Crippen LogP contribution in [0.4, 0.5) is 0 Å². The Morgan fingerprint density at radius 2 is 1.23 bits per heavy atom. The Balaban J connectivity index is 6.47. The molecule has 9 atom stereocenters. The van der Waals surface area contributed by atoms with Gasteiger partial charge in [0.15, 0.2) is 18.3 Å². The molecule has 0 aliphatic carbocycles. The molecular weight excluding hydrogens is 686 g/mol. The van der Waals surface area contributed by atoms with Crippen LogP contribution >= 0.6 is 0 Å². The number of carbonyl (C=O) groups is 9. The average Bonchev–Trinajstić information content (AvgIpc) is 3.08. The summed E-state index contributed by atoms with van der Waals surface area (Å²) in [5.41, 5.74) is 16.2. The van der Waals surface area contributed by atoms with Crippen molar-refractivity contribution in [2.24, 2.45) is 28.1 Å². The number of nitrogens with zero attached hydrogens (tertiary/aromatic N) is 1. The highest BCUT2D eigenvalue weighted by molar-refractivity contribution is 5.93. The monoisotopic (exact) mass is 739 g/mol. The number of guanidine groups is 1. The van der Waals surface area contributed by atoms with Gasteiger partial charge < -0.3 is 57.4 Å². The average molecular weight is 740 g/mol. The Bertz CT molecular complexity index is 1290. The van der Waals surface area contributed by atoms with Crippen LogP contribution in [0.5, 0.6) is 0 Å². The number of aliphatic carboxylic acids is 1. The van der Waals surface area contributed by atoms with E-state index in [2.05, 4.69) is 48.8 Å². The number of carboxylic acid groups (broad SMARTS) is 1. The first kappa shape index (κ1) is 46.9. The molecule has 0 bridgehead atoms. The van der Waals surface area contributed by atoms with Gasteiger partial charge in [-0.1, -0.05) is 26.8 Å². The maximum Gasteiger partial charge on any atom is 0.305 e. The van der Waals surface area contributed by atoms with Crippen LogP contribution in [0.1, 0.15) is 59.8 Å². The highest BCUT2D eigenvalue weighted by Gasteiger charge is 2.33. The predicted molar refractivity (Wildman–Crippen MR) is 187 cm³/mol. The lowest BCUT2D eigenvalue weighted by Gasteiger charge is -2.31. The van der Waals surface area contributed by atoms with E-state index in [4.69, 9.17) is 22.3 Å². The standard InChI is InChI=1S/C31H53N11O10/c1-6-17(4)22(15-46)39-27(41-28(50)18(5)36-21(14-45)11-24(48)49)30(52)42-26(38-20(13-44)10-23(32)47)29(51)40-25(16(2)3)37-19(12-43)8-7-9-35-31(33)34/h12-15,17-22,25-27,36-39H,2,6-11H2,1,3-5H3,(H2,32,47)(H,40,51)(H,41,50)(H,42,52)(H,48,49)(H4,33,34,35)/t17-,18-,19-,20-,21-,22+,25-,26-,27-/m1/s1. The lowest BCUT2D eigenvalue weighted by atomic mass is 10.00. The van der Waals surface area contributed by atoms with E-state index in [0.29, 0.717) is 37.3 Å². The highest BCUT2D eigenvalue weighted by atomic mass is 16.4. The summed E-state index contributed by atoms with van der Waals surface area (Å²) in [6.45, 7) is 10.3. The van der Waals surface area contributed by atoms with Gasteiger partial charge >= 0.3 is 5.97 Å². The second kappa shape index (κ2) is 24.9. The molecule has 0 radical (unpaired) electrons. The predicted octanol–water partition coefficient (Wildman–Crippen LogP) is -4.64. The summed E-state index contributed by atoms with van der Waals surface area (Å²) in [5, 5.41) is 27.0. The van der Waals surface area contributed by atoms with Gasteiger partial charge in [0, 0.05) is 13.0 Å². The summed E-state index contributed by atoms with van der Waals surface area (Å²) in [7, 11) is 0. The number of hydrogen-bond donors (Lipinski definition) is 11. The molecule has 0 rings (SSSR count). The number of nitrogens with two attached hydrogens (primary N) is 3. The van der Waals surface area contributed by atoms with E-state index in [-0.39, 0.29) is 31.1 Å². The fraction of sp³-hybridized carbons (Fsp3) is 0.613. The van der Waals surface area contributed by atoms with E-state index in [0.717, 1.165) is 0 Å². The molecule has 0 aliphatic heterocycles. The molecular formula is C31H53N11O10. The third-order valence-electron chi connectivity index (χ3n) is 7.53. The van der Waals surface area contributed by atoms with Crippen LogP contribution in [-0.4, -0.2) is 121 Å². The minimum absolute atomic E-state index is 0.125. The largest absolute Gasteiger partial charge is 0.481 e. The van der Waals surface area contributed by atoms with Crippen molar-refractivity contribution in [2.75, 3.05) is 6.54 Å². The quantitative estimate of drug-likeness (QED) is 0.00858. The van der Waals surface area contributed by atoms with E-state index >= 15 is 0 Å². The Morgan fingerprint density at radius 1 is 0.731 bits per heavy atom. The molecule has 292 valence electrons. The number of amides is 4. The Kier molecular flexibility index (Phi) is 22.5. The number of carboxylic acids is 1. The van der Waals surface area contributed by atoms with Crippen LogP contribution in [0.2, 0.25) is 0 Å². The van der Waals surface area contributed by atoms with E-state index in [1.165, 1.54) is 13.8 Å². The van der Waals surface area contributed by atoms with Gasteiger partial charge in [0.25, 0.3) is 11.8 Å². The highest BCUT2D eigenvalue weighted by Crippen LogP contribution is 2.07. The second-order valence-corrected chi connectivity index (χ2v) is 12.1. The maximum absolute atomic E-state index is 13.8. The summed E-state index contributed by atoms with van der Waals surface area (Å²) >= 11 is 0. The van der Waals surface area contributed by atoms with Gasteiger partial charge in [-0.25, -0.2) is 0 Å². The summed E-state index contributed by atoms with van der Waals surface area (Å²) in [6.07, 6.45) is -3.01. The molecule has 21 heteroatoms. The molecule has 0 aromatic heterocycles. The molecule has 0 saturated carbocycles. The van der Waals surface area contributed by atoms with E-state index in [1.807, 2.05) is 0 Å². The van der Waals surface area contributed by atoms with Crippen molar-refractivity contribution in [3.05, 3.63) is 12.2 Å². The zero-order chi connectivity index (χ0) is 40.0. The molecule has 0 fully saturated rings. The van der Waals surface area contributed by atoms with Gasteiger partial charge in [-0.2, -0.15) is 0 Å². The smallest absolute Gasteiger partial charge is 0.305 e. The van der Waals surface area contributed by atoms with Crippen LogP contribution < -0.4 is 54.4 Å². The first-order valence-electron chi connectivity index (χ1n) is 16.4. The van der Waals surface area contributed by atoms with E-state index < -0.39 is 91.1 Å². The zero-order valence-electron chi connectivity index (χ0n) is 29.8. The van der Waals surface area contributed by atoms with Gasteiger partial charge in [0.05, 0.1) is 36.6 Å². The van der Waals surface area contributed by atoms with Crippen LogP contribution in [0.25, 0.3) is 0 Å². The van der Waals surface area contributed by atoms with Crippen LogP contribution in [-0.2, 0) is 43.2 Å². The van der Waals surface area contributed by atoms with Crippen molar-refractivity contribution in [1.29, 1.82) is 0 Å². The topological polar surface area (TPSA) is 348 Å². The second-order valence-electron chi connectivity index (χ2n) is 12.1. The van der Waals surface area contributed by atoms with Crippen molar-refractivity contribution < 1.29 is 48.3 Å². The molecule has 0 unspecified atom stereocenters. The lowest BCUT2D eigenvalue weighted by molar-refractivity contribution is -0.139. The molecule has 0 heterocycles. The van der Waals surface area contributed by atoms with Gasteiger partial charge in [0.1, 0.15) is 31.3 Å². The fourth-order valence-electron chi connectivity index (χ4n) is 4.41. The summed E-state index contributed by atoms with van der Waals surface area (Å²) < 4.78 is 0. The summed E-state index contributed by atoms with van der Waals surface area (Å²) in [4.78, 5) is 114. The summed E-state index contributed by atoms with van der Waals surface area (Å²) in [5.74, 6) is -5.71. The third-order valence-corrected chi connectivity index (χ3v) is 7.53. The van der Waals surface area contributed by atoms with Crippen molar-refractivity contribution in [3.8, 4) is 0 Å². The minimum Gasteiger partial charge on any atom is -0.481 e. The molecule has 0 saturated heterocycles. The van der Waals surface area contributed by atoms with Gasteiger partial charge in [-0.3, -0.25) is 50.2 Å².